The van der Waals surface area contributed by atoms with Crippen molar-refractivity contribution in [1.82, 2.24) is 29.3 Å². The maximum atomic E-state index is 4.80. The van der Waals surface area contributed by atoms with Gasteiger partial charge in [-0.15, -0.1) is 0 Å². The summed E-state index contributed by atoms with van der Waals surface area (Å²) in [6.07, 6.45) is 12.6. The van der Waals surface area contributed by atoms with Crippen LogP contribution < -0.4 is 0 Å². The molecule has 0 saturated heterocycles. The third-order valence-corrected chi connectivity index (χ3v) is 4.54. The second-order valence-corrected chi connectivity index (χ2v) is 9.28. The van der Waals surface area contributed by atoms with E-state index < -0.39 is 0 Å². The van der Waals surface area contributed by atoms with E-state index in [4.69, 9.17) is 21.9 Å². The predicted octanol–water partition coefficient (Wildman–Crippen LogP) is 5.42. The second kappa shape index (κ2) is 13.9. The third kappa shape index (κ3) is 9.10. The summed E-state index contributed by atoms with van der Waals surface area (Å²) in [6.45, 7) is 21.3. The molecule has 6 nitrogen and oxygen atoms in total. The molecule has 0 N–H and O–H groups in total. The second-order valence-electron chi connectivity index (χ2n) is 9.28. The third-order valence-electron chi connectivity index (χ3n) is 4.54. The van der Waals surface area contributed by atoms with Crippen LogP contribution in [0, 0.1) is 30.6 Å². The van der Waals surface area contributed by atoms with Crippen molar-refractivity contribution in [3.8, 4) is 0 Å². The SMILES string of the molecule is CC(C)Cc1ccn([C-](n2ccc(CC(C)C)n2)n2ccc(CC(C)C)n2)n1.[CH-]=CC=C.[Mn+2]. The van der Waals surface area contributed by atoms with Crippen molar-refractivity contribution < 1.29 is 17.1 Å². The first-order valence-electron chi connectivity index (χ1n) is 11.4. The molecular weight excluding hydrogens is 451 g/mol. The molecule has 0 saturated carbocycles. The number of hydrogen-bond acceptors (Lipinski definition) is 3. The summed E-state index contributed by atoms with van der Waals surface area (Å²) in [5.41, 5.74) is 3.24. The van der Waals surface area contributed by atoms with Gasteiger partial charge in [-0.2, -0.15) is 21.9 Å². The molecule has 3 rings (SSSR count). The Morgan fingerprint density at radius 1 is 0.758 bits per heavy atom. The summed E-state index contributed by atoms with van der Waals surface area (Å²) >= 11 is 0. The average molecular weight is 490 g/mol. The number of nitrogens with zero attached hydrogens (tertiary/aromatic N) is 6. The number of allylic oxidation sites excluding steroid dienone is 2. The molecule has 0 aliphatic rings. The van der Waals surface area contributed by atoms with Gasteiger partial charge in [0.25, 0.3) is 0 Å². The molecule has 0 aliphatic heterocycles. The zero-order valence-corrected chi connectivity index (χ0v) is 22.0. The molecule has 0 bridgehead atoms. The molecule has 179 valence electrons. The van der Waals surface area contributed by atoms with Crippen molar-refractivity contribution in [3.63, 3.8) is 0 Å². The minimum atomic E-state index is 0. The van der Waals surface area contributed by atoms with Gasteiger partial charge in [0.15, 0.2) is 6.29 Å². The molecule has 3 aromatic heterocycles. The molecule has 3 aromatic rings. The Bertz CT molecular complexity index is 842. The Kier molecular flexibility index (Phi) is 12.0. The van der Waals surface area contributed by atoms with Crippen LogP contribution >= 0.6 is 0 Å². The van der Waals surface area contributed by atoms with Gasteiger partial charge in [-0.1, -0.05) is 59.7 Å². The Labute approximate surface area is 210 Å². The van der Waals surface area contributed by atoms with Crippen LogP contribution in [0.25, 0.3) is 0 Å². The largest absolute Gasteiger partial charge is 2.00 e. The number of aromatic nitrogens is 6. The van der Waals surface area contributed by atoms with Gasteiger partial charge in [0.05, 0.1) is 17.1 Å². The van der Waals surface area contributed by atoms with Gasteiger partial charge in [0.1, 0.15) is 0 Å². The van der Waals surface area contributed by atoms with E-state index >= 15 is 0 Å². The minimum Gasteiger partial charge on any atom is -0.293 e. The fourth-order valence-corrected chi connectivity index (χ4v) is 3.32. The van der Waals surface area contributed by atoms with Crippen LogP contribution in [0.15, 0.2) is 55.5 Å². The molecule has 1 radical (unpaired) electrons. The quantitative estimate of drug-likeness (QED) is 0.217. The zero-order chi connectivity index (χ0) is 23.7. The first-order valence-corrected chi connectivity index (χ1v) is 11.4. The van der Waals surface area contributed by atoms with Gasteiger partial charge >= 0.3 is 17.1 Å². The fraction of sp³-hybridized carbons (Fsp3) is 0.462. The molecular formula is C26H38MnN6. The first kappa shape index (κ1) is 28.5. The summed E-state index contributed by atoms with van der Waals surface area (Å²) < 4.78 is 5.65. The molecule has 0 aliphatic carbocycles. The van der Waals surface area contributed by atoms with Crippen LogP contribution in [0.1, 0.15) is 58.6 Å². The number of hydrogen-bond donors (Lipinski definition) is 0. The van der Waals surface area contributed by atoms with E-state index in [2.05, 4.69) is 66.3 Å². The minimum absolute atomic E-state index is 0. The van der Waals surface area contributed by atoms with Crippen LogP contribution in [-0.4, -0.2) is 29.3 Å². The maximum absolute atomic E-state index is 4.80. The number of rotatable bonds is 10. The molecule has 0 spiro atoms. The molecule has 3 heterocycles. The van der Waals surface area contributed by atoms with Crippen molar-refractivity contribution in [2.24, 2.45) is 17.8 Å². The standard InChI is InChI=1S/C22H33N6.C4H5.Mn/c1-16(2)13-19-7-10-26(23-19)22(27-11-8-20(24-27)14-17(3)4)28-12-9-21(25-28)15-18(5)6;1-3-4-2;/h7-12,16-18H,13-15H2,1-6H3;1,3-4H,2H2;/q2*-1;+2. The van der Waals surface area contributed by atoms with E-state index in [1.54, 1.807) is 0 Å². The first-order chi connectivity index (χ1) is 15.2. The Morgan fingerprint density at radius 2 is 1.03 bits per heavy atom. The summed E-state index contributed by atoms with van der Waals surface area (Å²) in [4.78, 5) is 0. The summed E-state index contributed by atoms with van der Waals surface area (Å²) in [7, 11) is 0. The van der Waals surface area contributed by atoms with Crippen LogP contribution in [0.4, 0.5) is 0 Å². The van der Waals surface area contributed by atoms with Crippen LogP contribution in [0.5, 0.6) is 0 Å². The van der Waals surface area contributed by atoms with Crippen LogP contribution in [-0.2, 0) is 36.3 Å². The van der Waals surface area contributed by atoms with Gasteiger partial charge in [0.2, 0.25) is 0 Å². The summed E-state index contributed by atoms with van der Waals surface area (Å²) in [5, 5.41) is 14.4. The van der Waals surface area contributed by atoms with E-state index in [0.29, 0.717) is 17.8 Å². The van der Waals surface area contributed by atoms with Gasteiger partial charge < -0.3 is 0 Å². The maximum Gasteiger partial charge on any atom is 2.00 e. The Balaban J connectivity index is 0.00000101. The van der Waals surface area contributed by atoms with E-state index in [9.17, 15) is 0 Å². The topological polar surface area (TPSA) is 53.5 Å². The zero-order valence-electron chi connectivity index (χ0n) is 20.8. The van der Waals surface area contributed by atoms with Gasteiger partial charge in [0, 0.05) is 0 Å². The summed E-state index contributed by atoms with van der Waals surface area (Å²) in [6, 6.07) is 6.24. The fourth-order valence-electron chi connectivity index (χ4n) is 3.32. The average Bonchev–Trinajstić information content (AvgIpc) is 3.44. The molecule has 0 amide bonds. The molecule has 0 atom stereocenters. The Morgan fingerprint density at radius 3 is 1.24 bits per heavy atom. The van der Waals surface area contributed by atoms with Crippen molar-refractivity contribution >= 4 is 0 Å². The molecule has 0 unspecified atom stereocenters. The van der Waals surface area contributed by atoms with E-state index in [0.717, 1.165) is 42.6 Å². The van der Waals surface area contributed by atoms with Gasteiger partial charge in [-0.3, -0.25) is 20.6 Å². The van der Waals surface area contributed by atoms with Crippen molar-refractivity contribution in [2.75, 3.05) is 0 Å². The normalized spacial score (nSPS) is 10.7. The Hall–Kier alpha value is -2.50. The molecule has 0 aromatic carbocycles. The van der Waals surface area contributed by atoms with Crippen molar-refractivity contribution in [2.45, 2.75) is 60.8 Å². The van der Waals surface area contributed by atoms with Gasteiger partial charge in [-0.05, 0) is 55.6 Å². The van der Waals surface area contributed by atoms with Crippen molar-refractivity contribution in [1.29, 1.82) is 0 Å². The van der Waals surface area contributed by atoms with Crippen molar-refractivity contribution in [3.05, 3.63) is 85.5 Å². The molecule has 7 heteroatoms. The summed E-state index contributed by atoms with van der Waals surface area (Å²) in [5.74, 6) is 1.70. The predicted molar refractivity (Wildman–Crippen MR) is 131 cm³/mol. The smallest absolute Gasteiger partial charge is 0.293 e. The monoisotopic (exact) mass is 489 g/mol. The van der Waals surface area contributed by atoms with E-state index in [1.807, 2.05) is 32.6 Å². The van der Waals surface area contributed by atoms with Crippen LogP contribution in [0.3, 0.4) is 0 Å². The van der Waals surface area contributed by atoms with Crippen LogP contribution in [0.2, 0.25) is 0 Å². The molecule has 0 fully saturated rings. The van der Waals surface area contributed by atoms with E-state index in [-0.39, 0.29) is 17.1 Å². The van der Waals surface area contributed by atoms with E-state index in [1.165, 1.54) is 12.2 Å². The molecule has 33 heavy (non-hydrogen) atoms. The van der Waals surface area contributed by atoms with Gasteiger partial charge in [-0.25, -0.2) is 12.2 Å².